The number of amides is 1. The van der Waals surface area contributed by atoms with Crippen LogP contribution in [0.25, 0.3) is 0 Å². The van der Waals surface area contributed by atoms with E-state index < -0.39 is 18.2 Å². The molecule has 2 aliphatic rings. The topological polar surface area (TPSA) is 118 Å². The minimum atomic E-state index is -1.36. The molecule has 1 unspecified atom stereocenters. The molecule has 0 aromatic heterocycles. The van der Waals surface area contributed by atoms with Gasteiger partial charge in [0.1, 0.15) is 11.8 Å². The third-order valence-corrected chi connectivity index (χ3v) is 4.06. The molecule has 2 saturated heterocycles. The second-order valence-corrected chi connectivity index (χ2v) is 9.08. The lowest BCUT2D eigenvalue weighted by Gasteiger charge is -2.35. The highest BCUT2D eigenvalue weighted by molar-refractivity contribution is 5.90. The van der Waals surface area contributed by atoms with Gasteiger partial charge in [0, 0.05) is 6.42 Å². The molecule has 0 spiro atoms. The Morgan fingerprint density at radius 1 is 1.35 bits per heavy atom. The van der Waals surface area contributed by atoms with E-state index in [9.17, 15) is 19.8 Å². The number of carboxylic acids is 1. The summed E-state index contributed by atoms with van der Waals surface area (Å²) in [7, 11) is 0. The first-order valence-corrected chi connectivity index (χ1v) is 9.17. The van der Waals surface area contributed by atoms with Crippen LogP contribution in [0.2, 0.25) is 0 Å². The predicted octanol–water partition coefficient (Wildman–Crippen LogP) is 0.183. The summed E-state index contributed by atoms with van der Waals surface area (Å²) in [6.07, 6.45) is 2.18. The highest BCUT2D eigenvalue weighted by atomic mass is 16.5. The summed E-state index contributed by atoms with van der Waals surface area (Å²) in [5, 5.41) is 20.3. The van der Waals surface area contributed by atoms with Crippen molar-refractivity contribution in [2.24, 2.45) is 5.41 Å². The van der Waals surface area contributed by atoms with Crippen LogP contribution in [0.4, 0.5) is 0 Å². The molecule has 1 amide bonds. The molecule has 2 atom stereocenters. The van der Waals surface area contributed by atoms with Gasteiger partial charge in [0.25, 0.3) is 0 Å². The summed E-state index contributed by atoms with van der Waals surface area (Å²) in [5.74, 6) is -1.43. The van der Waals surface area contributed by atoms with Gasteiger partial charge < -0.3 is 25.5 Å². The van der Waals surface area contributed by atoms with E-state index in [-0.39, 0.29) is 30.2 Å². The van der Waals surface area contributed by atoms with Crippen LogP contribution in [0.3, 0.4) is 0 Å². The molecule has 2 rings (SSSR count). The van der Waals surface area contributed by atoms with E-state index in [0.717, 1.165) is 11.3 Å². The van der Waals surface area contributed by atoms with Gasteiger partial charge in [-0.25, -0.2) is 0 Å². The van der Waals surface area contributed by atoms with E-state index in [4.69, 9.17) is 4.74 Å². The lowest BCUT2D eigenvalue weighted by Crippen LogP contribution is -2.70. The van der Waals surface area contributed by atoms with Gasteiger partial charge in [-0.1, -0.05) is 34.1 Å². The van der Waals surface area contributed by atoms with Gasteiger partial charge in [0.05, 0.1) is 24.5 Å². The summed E-state index contributed by atoms with van der Waals surface area (Å²) in [6.45, 7) is 12.8. The fourth-order valence-corrected chi connectivity index (χ4v) is 3.66. The van der Waals surface area contributed by atoms with Crippen molar-refractivity contribution >= 4 is 11.9 Å². The molecule has 2 heterocycles. The van der Waals surface area contributed by atoms with E-state index in [1.54, 1.807) is 0 Å². The zero-order valence-corrected chi connectivity index (χ0v) is 16.9. The van der Waals surface area contributed by atoms with Crippen molar-refractivity contribution in [3.05, 3.63) is 11.3 Å². The summed E-state index contributed by atoms with van der Waals surface area (Å²) in [6, 6.07) is -1.17. The van der Waals surface area contributed by atoms with Crippen molar-refractivity contribution < 1.29 is 30.3 Å². The Hall–Kier alpha value is -1.60. The monoisotopic (exact) mass is 370 g/mol. The number of carbonyl (C=O) groups excluding carboxylic acids is 2. The van der Waals surface area contributed by atoms with Crippen molar-refractivity contribution in [1.82, 2.24) is 4.90 Å². The maximum atomic E-state index is 11.3. The first kappa shape index (κ1) is 22.4. The maximum Gasteiger partial charge on any atom is 0.232 e. The minimum Gasteiger partial charge on any atom is -0.547 e. The molecule has 0 aromatic carbocycles. The molecule has 4 N–H and O–H groups in total. The van der Waals surface area contributed by atoms with Gasteiger partial charge in [-0.15, -0.1) is 0 Å². The Balaban J connectivity index is 0.000000321. The Morgan fingerprint density at radius 3 is 2.23 bits per heavy atom. The van der Waals surface area contributed by atoms with Crippen LogP contribution in [0.15, 0.2) is 11.3 Å². The van der Waals surface area contributed by atoms with Crippen LogP contribution in [0.1, 0.15) is 67.2 Å². The number of β-lactam (4-membered cyclic amide) rings is 1. The quantitative estimate of drug-likeness (QED) is 0.670. The smallest absolute Gasteiger partial charge is 0.232 e. The fraction of sp³-hybridized carbons (Fsp3) is 0.789. The first-order valence-electron chi connectivity index (χ1n) is 9.17. The fourth-order valence-electron chi connectivity index (χ4n) is 3.66. The zero-order chi connectivity index (χ0) is 20.3. The molecule has 150 valence electrons. The molecular formula is C19H34N2O5. The lowest BCUT2D eigenvalue weighted by atomic mass is 9.82. The Bertz CT molecular complexity index is 545. The average molecular weight is 370 g/mol. The Morgan fingerprint density at radius 2 is 1.92 bits per heavy atom. The van der Waals surface area contributed by atoms with Gasteiger partial charge in [-0.05, 0) is 31.3 Å². The number of hydrogen-bond donors (Lipinski definition) is 2. The average Bonchev–Trinajstić information content (AvgIpc) is 2.74. The number of aliphatic hydroxyl groups is 1. The van der Waals surface area contributed by atoms with Crippen LogP contribution in [-0.2, 0) is 14.3 Å². The summed E-state index contributed by atoms with van der Waals surface area (Å²) >= 11 is 0. The van der Waals surface area contributed by atoms with Gasteiger partial charge in [-0.2, -0.15) is 0 Å². The van der Waals surface area contributed by atoms with Crippen molar-refractivity contribution in [2.75, 3.05) is 6.61 Å². The maximum absolute atomic E-state index is 11.3. The van der Waals surface area contributed by atoms with Gasteiger partial charge in [-0.3, -0.25) is 9.69 Å². The number of carbonyl (C=O) groups is 2. The minimum absolute atomic E-state index is 0.185. The summed E-state index contributed by atoms with van der Waals surface area (Å²) < 4.78 is 5.41. The van der Waals surface area contributed by atoms with Crippen LogP contribution >= 0.6 is 0 Å². The number of rotatable bonds is 5. The molecule has 7 heteroatoms. The van der Waals surface area contributed by atoms with E-state index in [1.807, 2.05) is 6.92 Å². The highest BCUT2D eigenvalue weighted by Gasteiger charge is 2.51. The van der Waals surface area contributed by atoms with E-state index in [1.165, 1.54) is 6.42 Å². The number of quaternary nitrogens is 1. The van der Waals surface area contributed by atoms with Gasteiger partial charge in [0.15, 0.2) is 6.23 Å². The Labute approximate surface area is 156 Å². The second kappa shape index (κ2) is 8.39. The van der Waals surface area contributed by atoms with Crippen LogP contribution in [0.5, 0.6) is 0 Å². The van der Waals surface area contributed by atoms with E-state index in [2.05, 4.69) is 40.4 Å². The van der Waals surface area contributed by atoms with E-state index >= 15 is 0 Å². The largest absolute Gasteiger partial charge is 0.547 e. The van der Waals surface area contributed by atoms with Crippen molar-refractivity contribution in [3.63, 3.8) is 0 Å². The normalized spacial score (nSPS) is 24.2. The van der Waals surface area contributed by atoms with Crippen LogP contribution in [0, 0.1) is 5.41 Å². The molecule has 0 aliphatic carbocycles. The molecule has 26 heavy (non-hydrogen) atoms. The number of nitrogens with zero attached hydrogens (tertiary/aromatic N) is 1. The molecule has 2 fully saturated rings. The summed E-state index contributed by atoms with van der Waals surface area (Å²) in [4.78, 5) is 23.5. The van der Waals surface area contributed by atoms with Gasteiger partial charge in [0.2, 0.25) is 5.91 Å². The van der Waals surface area contributed by atoms with Crippen LogP contribution < -0.4 is 10.8 Å². The van der Waals surface area contributed by atoms with Gasteiger partial charge >= 0.3 is 0 Å². The van der Waals surface area contributed by atoms with Crippen LogP contribution in [-0.4, -0.2) is 46.3 Å². The number of aliphatic carboxylic acids is 1. The molecule has 0 saturated carbocycles. The first-order chi connectivity index (χ1) is 11.8. The molecule has 0 aromatic rings. The number of carboxylic acid groups (broad SMARTS) is 1. The highest BCUT2D eigenvalue weighted by Crippen LogP contribution is 2.38. The second-order valence-electron chi connectivity index (χ2n) is 9.08. The number of ether oxygens (including phenoxy) is 1. The lowest BCUT2D eigenvalue weighted by molar-refractivity contribution is -0.470. The number of aliphatic hydroxyl groups excluding tert-OH is 1. The summed E-state index contributed by atoms with van der Waals surface area (Å²) in [5.41, 5.74) is 5.24. The van der Waals surface area contributed by atoms with Crippen molar-refractivity contribution in [3.8, 4) is 0 Å². The van der Waals surface area contributed by atoms with E-state index in [0.29, 0.717) is 17.4 Å². The molecule has 0 bridgehead atoms. The molecular weight excluding hydrogens is 336 g/mol. The van der Waals surface area contributed by atoms with Crippen molar-refractivity contribution in [1.29, 1.82) is 0 Å². The number of hydrogen-bond acceptors (Lipinski definition) is 5. The SMILES string of the molecule is CC(C)(C)CC(C)(C)[NH3+].CCCC(CO)=C1O[C@@H]2CC(=O)N2C1C(=O)[O-]. The predicted molar refractivity (Wildman–Crippen MR) is 95.2 cm³/mol. The third-order valence-electron chi connectivity index (χ3n) is 4.06. The standard InChI is InChI=1S/C11H15NO5.C8H19N/c1-2-3-6(5-13)10-9(11(15)16)12-7(14)4-8(12)17-10;1-7(2,3)6-8(4,5)9/h8-9,13H,2-5H2,1H3,(H,15,16);6,9H2,1-5H3/t8-,9?;/m1./s1. The Kier molecular flexibility index (Phi) is 7.24. The molecule has 0 radical (unpaired) electrons. The zero-order valence-electron chi connectivity index (χ0n) is 16.9. The third kappa shape index (κ3) is 5.99. The van der Waals surface area contributed by atoms with Crippen molar-refractivity contribution in [2.45, 2.75) is 85.0 Å². The number of fused-ring (bicyclic) bond motifs is 1. The molecule has 7 nitrogen and oxygen atoms in total. The molecule has 2 aliphatic heterocycles.